The van der Waals surface area contributed by atoms with Gasteiger partial charge in [-0.1, -0.05) is 0 Å². The molecule has 0 unspecified atom stereocenters. The molecule has 1 aromatic carbocycles. The molecular weight excluding hydrogens is 236 g/mol. The lowest BCUT2D eigenvalue weighted by molar-refractivity contribution is 0.509. The van der Waals surface area contributed by atoms with Gasteiger partial charge in [-0.2, -0.15) is 0 Å². The minimum atomic E-state index is -0.884. The topological polar surface area (TPSA) is 43.8 Å². The Morgan fingerprint density at radius 3 is 2.61 bits per heavy atom. The molecule has 1 aromatic heterocycles. The SMILES string of the molecule is Cn1c(C2CC2)nc(-c2ccc(F)c(F)c2)c1N. The van der Waals surface area contributed by atoms with Crippen LogP contribution in [0.15, 0.2) is 18.2 Å². The van der Waals surface area contributed by atoms with Crippen molar-refractivity contribution in [1.29, 1.82) is 0 Å². The number of benzene rings is 1. The van der Waals surface area contributed by atoms with E-state index in [1.807, 2.05) is 11.6 Å². The van der Waals surface area contributed by atoms with Crippen molar-refractivity contribution < 1.29 is 8.78 Å². The number of nitrogens with two attached hydrogens (primary N) is 1. The minimum Gasteiger partial charge on any atom is -0.383 e. The van der Waals surface area contributed by atoms with Crippen LogP contribution in [0.2, 0.25) is 0 Å². The number of hydrogen-bond donors (Lipinski definition) is 1. The van der Waals surface area contributed by atoms with Gasteiger partial charge >= 0.3 is 0 Å². The average Bonchev–Trinajstić information content (AvgIpc) is 3.13. The summed E-state index contributed by atoms with van der Waals surface area (Å²) in [6.45, 7) is 0. The number of nitrogens with zero attached hydrogens (tertiary/aromatic N) is 2. The van der Waals surface area contributed by atoms with Gasteiger partial charge in [0.05, 0.1) is 0 Å². The highest BCUT2D eigenvalue weighted by molar-refractivity contribution is 5.71. The van der Waals surface area contributed by atoms with E-state index in [0.29, 0.717) is 23.0 Å². The van der Waals surface area contributed by atoms with Gasteiger partial charge in [0, 0.05) is 18.5 Å². The Labute approximate surface area is 103 Å². The van der Waals surface area contributed by atoms with Crippen LogP contribution in [0.1, 0.15) is 24.6 Å². The average molecular weight is 249 g/mol. The molecule has 18 heavy (non-hydrogen) atoms. The normalized spacial score (nSPS) is 15.1. The van der Waals surface area contributed by atoms with Gasteiger partial charge in [0.2, 0.25) is 0 Å². The lowest BCUT2D eigenvalue weighted by Crippen LogP contribution is -2.00. The van der Waals surface area contributed by atoms with Crippen molar-refractivity contribution in [3.8, 4) is 11.3 Å². The lowest BCUT2D eigenvalue weighted by atomic mass is 10.1. The molecule has 3 nitrogen and oxygen atoms in total. The molecule has 2 aromatic rings. The van der Waals surface area contributed by atoms with Crippen molar-refractivity contribution >= 4 is 5.82 Å². The molecule has 5 heteroatoms. The van der Waals surface area contributed by atoms with E-state index >= 15 is 0 Å². The number of nitrogen functional groups attached to an aromatic ring is 1. The van der Waals surface area contributed by atoms with E-state index < -0.39 is 11.6 Å². The van der Waals surface area contributed by atoms with Gasteiger partial charge in [0.25, 0.3) is 0 Å². The molecule has 1 heterocycles. The number of anilines is 1. The highest BCUT2D eigenvalue weighted by Gasteiger charge is 2.30. The molecule has 94 valence electrons. The first kappa shape index (κ1) is 11.2. The first-order chi connectivity index (χ1) is 8.58. The summed E-state index contributed by atoms with van der Waals surface area (Å²) in [7, 11) is 1.85. The largest absolute Gasteiger partial charge is 0.383 e. The molecule has 1 saturated carbocycles. The van der Waals surface area contributed by atoms with Crippen LogP contribution in [0.4, 0.5) is 14.6 Å². The van der Waals surface area contributed by atoms with Crippen LogP contribution < -0.4 is 5.73 Å². The first-order valence-corrected chi connectivity index (χ1v) is 5.85. The Bertz CT molecular complexity index is 615. The smallest absolute Gasteiger partial charge is 0.159 e. The molecule has 0 bridgehead atoms. The number of imidazole rings is 1. The first-order valence-electron chi connectivity index (χ1n) is 5.85. The molecule has 1 aliphatic carbocycles. The fraction of sp³-hybridized carbons (Fsp3) is 0.308. The van der Waals surface area contributed by atoms with Crippen molar-refractivity contribution in [2.45, 2.75) is 18.8 Å². The molecule has 0 aliphatic heterocycles. The fourth-order valence-electron chi connectivity index (χ4n) is 2.09. The van der Waals surface area contributed by atoms with Crippen molar-refractivity contribution in [3.05, 3.63) is 35.7 Å². The molecule has 0 spiro atoms. The molecule has 1 aliphatic rings. The zero-order valence-electron chi connectivity index (χ0n) is 9.95. The quantitative estimate of drug-likeness (QED) is 0.889. The molecule has 3 rings (SSSR count). The van der Waals surface area contributed by atoms with Crippen LogP contribution in [0, 0.1) is 11.6 Å². The van der Waals surface area contributed by atoms with Crippen molar-refractivity contribution in [3.63, 3.8) is 0 Å². The predicted octanol–water partition coefficient (Wildman–Crippen LogP) is 2.82. The molecule has 2 N–H and O–H groups in total. The molecular formula is C13H13F2N3. The summed E-state index contributed by atoms with van der Waals surface area (Å²) >= 11 is 0. The predicted molar refractivity (Wildman–Crippen MR) is 64.9 cm³/mol. The van der Waals surface area contributed by atoms with Crippen molar-refractivity contribution in [2.24, 2.45) is 7.05 Å². The van der Waals surface area contributed by atoms with E-state index in [1.54, 1.807) is 0 Å². The molecule has 0 amide bonds. The summed E-state index contributed by atoms with van der Waals surface area (Å²) in [4.78, 5) is 4.46. The van der Waals surface area contributed by atoms with Crippen LogP contribution in [0.5, 0.6) is 0 Å². The summed E-state index contributed by atoms with van der Waals surface area (Å²) in [6.07, 6.45) is 2.23. The highest BCUT2D eigenvalue weighted by Crippen LogP contribution is 2.41. The van der Waals surface area contributed by atoms with E-state index in [0.717, 1.165) is 30.8 Å². The summed E-state index contributed by atoms with van der Waals surface area (Å²) in [5.41, 5.74) is 7.01. The van der Waals surface area contributed by atoms with E-state index in [4.69, 9.17) is 5.73 Å². The third-order valence-electron chi connectivity index (χ3n) is 3.31. The summed E-state index contributed by atoms with van der Waals surface area (Å²) < 4.78 is 28.0. The maximum atomic E-state index is 13.2. The maximum absolute atomic E-state index is 13.2. The molecule has 0 atom stereocenters. The zero-order valence-corrected chi connectivity index (χ0v) is 9.95. The lowest BCUT2D eigenvalue weighted by Gasteiger charge is -2.01. The summed E-state index contributed by atoms with van der Waals surface area (Å²) in [5, 5.41) is 0. The number of halogens is 2. The molecule has 0 saturated heterocycles. The van der Waals surface area contributed by atoms with Crippen LogP contribution >= 0.6 is 0 Å². The van der Waals surface area contributed by atoms with Crippen molar-refractivity contribution in [2.75, 3.05) is 5.73 Å². The summed E-state index contributed by atoms with van der Waals surface area (Å²) in [6, 6.07) is 3.72. The second kappa shape index (κ2) is 3.80. The van der Waals surface area contributed by atoms with Crippen LogP contribution in [-0.4, -0.2) is 9.55 Å². The number of hydrogen-bond acceptors (Lipinski definition) is 2. The standard InChI is InChI=1S/C13H13F2N3/c1-18-12(16)11(17-13(18)7-2-3-7)8-4-5-9(14)10(15)6-8/h4-7H,2-3,16H2,1H3. The Kier molecular flexibility index (Phi) is 2.36. The van der Waals surface area contributed by atoms with Gasteiger partial charge in [-0.05, 0) is 31.0 Å². The van der Waals surface area contributed by atoms with Crippen LogP contribution in [0.25, 0.3) is 11.3 Å². The van der Waals surface area contributed by atoms with E-state index in [-0.39, 0.29) is 0 Å². The van der Waals surface area contributed by atoms with Crippen LogP contribution in [-0.2, 0) is 7.05 Å². The van der Waals surface area contributed by atoms with Gasteiger partial charge in [-0.15, -0.1) is 0 Å². The second-order valence-electron chi connectivity index (χ2n) is 4.67. The Balaban J connectivity index is 2.10. The van der Waals surface area contributed by atoms with Gasteiger partial charge in [-0.25, -0.2) is 13.8 Å². The fourth-order valence-corrected chi connectivity index (χ4v) is 2.09. The third kappa shape index (κ3) is 1.66. The molecule has 1 fully saturated rings. The third-order valence-corrected chi connectivity index (χ3v) is 3.31. The Morgan fingerprint density at radius 2 is 2.00 bits per heavy atom. The van der Waals surface area contributed by atoms with Gasteiger partial charge < -0.3 is 10.3 Å². The maximum Gasteiger partial charge on any atom is 0.159 e. The van der Waals surface area contributed by atoms with Gasteiger partial charge in [0.1, 0.15) is 17.3 Å². The van der Waals surface area contributed by atoms with Crippen LogP contribution in [0.3, 0.4) is 0 Å². The second-order valence-corrected chi connectivity index (χ2v) is 4.67. The summed E-state index contributed by atoms with van der Waals surface area (Å²) in [5.74, 6) is 0.118. The number of aromatic nitrogens is 2. The Morgan fingerprint density at radius 1 is 1.28 bits per heavy atom. The Hall–Kier alpha value is -1.91. The van der Waals surface area contributed by atoms with E-state index in [1.165, 1.54) is 6.07 Å². The van der Waals surface area contributed by atoms with Gasteiger partial charge in [0.15, 0.2) is 11.6 Å². The number of rotatable bonds is 2. The van der Waals surface area contributed by atoms with E-state index in [2.05, 4.69) is 4.98 Å². The highest BCUT2D eigenvalue weighted by atomic mass is 19.2. The van der Waals surface area contributed by atoms with Gasteiger partial charge in [-0.3, -0.25) is 0 Å². The zero-order chi connectivity index (χ0) is 12.9. The monoisotopic (exact) mass is 249 g/mol. The van der Waals surface area contributed by atoms with E-state index in [9.17, 15) is 8.78 Å². The minimum absolute atomic E-state index is 0.455. The van der Waals surface area contributed by atoms with Crippen molar-refractivity contribution in [1.82, 2.24) is 9.55 Å². The molecule has 0 radical (unpaired) electrons.